The van der Waals surface area contributed by atoms with Gasteiger partial charge in [0.2, 0.25) is 0 Å². The van der Waals surface area contributed by atoms with E-state index in [9.17, 15) is 14.0 Å². The van der Waals surface area contributed by atoms with Gasteiger partial charge >= 0.3 is 0 Å². The summed E-state index contributed by atoms with van der Waals surface area (Å²) in [5, 5.41) is 9.51. The number of aryl methyl sites for hydroxylation is 1. The van der Waals surface area contributed by atoms with E-state index in [2.05, 4.69) is 16.0 Å². The van der Waals surface area contributed by atoms with Crippen LogP contribution in [0.25, 0.3) is 0 Å². The molecule has 3 rings (SSSR count). The summed E-state index contributed by atoms with van der Waals surface area (Å²) < 4.78 is 32.1. The van der Waals surface area contributed by atoms with Crippen molar-refractivity contribution in [3.63, 3.8) is 0 Å². The SMILES string of the molecule is Cc1ncsc1C(C#N)N1CCC(Oc2cc(F)cc(F)c2)CC1. The predicted molar refractivity (Wildman–Crippen MR) is 86.8 cm³/mol. The van der Waals surface area contributed by atoms with Crippen LogP contribution in [0.1, 0.15) is 29.5 Å². The van der Waals surface area contributed by atoms with Crippen LogP contribution < -0.4 is 4.74 Å². The molecular formula is C17H17F2N3OS. The molecule has 24 heavy (non-hydrogen) atoms. The average Bonchev–Trinajstić information content (AvgIpc) is 2.95. The molecule has 1 aliphatic rings. The number of piperidine rings is 1. The standard InChI is InChI=1S/C17H17F2N3OS/c1-11-17(24-10-21-11)16(9-20)22-4-2-14(3-5-22)23-15-7-12(18)6-13(19)8-15/h6-8,10,14,16H,2-5H2,1H3. The van der Waals surface area contributed by atoms with Crippen molar-refractivity contribution in [1.82, 2.24) is 9.88 Å². The molecule has 1 fully saturated rings. The number of nitriles is 1. The molecule has 0 bridgehead atoms. The average molecular weight is 349 g/mol. The Bertz CT molecular complexity index is 730. The number of halogens is 2. The summed E-state index contributed by atoms with van der Waals surface area (Å²) in [6.07, 6.45) is 1.30. The minimum Gasteiger partial charge on any atom is -0.490 e. The zero-order valence-corrected chi connectivity index (χ0v) is 14.0. The van der Waals surface area contributed by atoms with Crippen molar-refractivity contribution >= 4 is 11.3 Å². The third kappa shape index (κ3) is 3.71. The van der Waals surface area contributed by atoms with Gasteiger partial charge in [-0.1, -0.05) is 0 Å². The van der Waals surface area contributed by atoms with Crippen LogP contribution in [-0.2, 0) is 0 Å². The Morgan fingerprint density at radius 3 is 2.50 bits per heavy atom. The van der Waals surface area contributed by atoms with Crippen LogP contribution in [0.3, 0.4) is 0 Å². The quantitative estimate of drug-likeness (QED) is 0.841. The van der Waals surface area contributed by atoms with Gasteiger partial charge in [-0.15, -0.1) is 11.3 Å². The smallest absolute Gasteiger partial charge is 0.134 e. The largest absolute Gasteiger partial charge is 0.490 e. The van der Waals surface area contributed by atoms with Crippen molar-refractivity contribution in [1.29, 1.82) is 5.26 Å². The van der Waals surface area contributed by atoms with Gasteiger partial charge in [0.25, 0.3) is 0 Å². The van der Waals surface area contributed by atoms with Crippen LogP contribution in [0.4, 0.5) is 8.78 Å². The summed E-state index contributed by atoms with van der Waals surface area (Å²) >= 11 is 1.49. The van der Waals surface area contributed by atoms with E-state index in [1.165, 1.54) is 23.5 Å². The van der Waals surface area contributed by atoms with Crippen molar-refractivity contribution in [3.8, 4) is 11.8 Å². The van der Waals surface area contributed by atoms with Crippen molar-refractivity contribution < 1.29 is 13.5 Å². The van der Waals surface area contributed by atoms with Gasteiger partial charge < -0.3 is 4.74 Å². The Balaban J connectivity index is 1.61. The van der Waals surface area contributed by atoms with E-state index in [4.69, 9.17) is 4.74 Å². The maximum atomic E-state index is 13.2. The Labute approximate surface area is 143 Å². The van der Waals surface area contributed by atoms with Crippen molar-refractivity contribution in [3.05, 3.63) is 45.9 Å². The van der Waals surface area contributed by atoms with Crippen LogP contribution in [-0.4, -0.2) is 29.1 Å². The molecule has 0 N–H and O–H groups in total. The molecule has 0 radical (unpaired) electrons. The lowest BCUT2D eigenvalue weighted by atomic mass is 10.0. The lowest BCUT2D eigenvalue weighted by Crippen LogP contribution is -2.40. The van der Waals surface area contributed by atoms with Gasteiger partial charge in [0.1, 0.15) is 29.5 Å². The molecule has 2 aromatic rings. The van der Waals surface area contributed by atoms with Gasteiger partial charge in [0, 0.05) is 31.3 Å². The molecule has 1 atom stereocenters. The number of ether oxygens (including phenoxy) is 1. The minimum absolute atomic E-state index is 0.107. The first-order valence-electron chi connectivity index (χ1n) is 7.73. The van der Waals surface area contributed by atoms with E-state index in [0.29, 0.717) is 25.9 Å². The molecular weight excluding hydrogens is 332 g/mol. The van der Waals surface area contributed by atoms with Crippen LogP contribution in [0.5, 0.6) is 5.75 Å². The number of thiazole rings is 1. The predicted octanol–water partition coefficient (Wildman–Crippen LogP) is 3.84. The summed E-state index contributed by atoms with van der Waals surface area (Å²) in [5.41, 5.74) is 2.64. The Morgan fingerprint density at radius 2 is 1.96 bits per heavy atom. The summed E-state index contributed by atoms with van der Waals surface area (Å²) in [4.78, 5) is 7.29. The number of benzene rings is 1. The van der Waals surface area contributed by atoms with Crippen LogP contribution in [0.2, 0.25) is 0 Å². The molecule has 126 valence electrons. The molecule has 1 unspecified atom stereocenters. The molecule has 0 amide bonds. The molecule has 1 saturated heterocycles. The highest BCUT2D eigenvalue weighted by molar-refractivity contribution is 7.09. The zero-order valence-electron chi connectivity index (χ0n) is 13.2. The summed E-state index contributed by atoms with van der Waals surface area (Å²) in [6.45, 7) is 3.29. The van der Waals surface area contributed by atoms with Gasteiger partial charge in [0.05, 0.1) is 22.2 Å². The fraction of sp³-hybridized carbons (Fsp3) is 0.412. The van der Waals surface area contributed by atoms with E-state index in [1.807, 2.05) is 6.92 Å². The van der Waals surface area contributed by atoms with E-state index in [0.717, 1.165) is 16.6 Å². The molecule has 1 aromatic heterocycles. The molecule has 7 heteroatoms. The highest BCUT2D eigenvalue weighted by Crippen LogP contribution is 2.30. The molecule has 0 saturated carbocycles. The first-order chi connectivity index (χ1) is 11.6. The molecule has 4 nitrogen and oxygen atoms in total. The van der Waals surface area contributed by atoms with Gasteiger partial charge in [-0.3, -0.25) is 4.90 Å². The number of rotatable bonds is 4. The van der Waals surface area contributed by atoms with Gasteiger partial charge in [-0.25, -0.2) is 13.8 Å². The molecule has 1 aliphatic heterocycles. The van der Waals surface area contributed by atoms with Gasteiger partial charge in [0.15, 0.2) is 0 Å². The topological polar surface area (TPSA) is 49.2 Å². The second kappa shape index (κ2) is 7.24. The third-order valence-electron chi connectivity index (χ3n) is 4.13. The summed E-state index contributed by atoms with van der Waals surface area (Å²) in [5.74, 6) is -1.08. The first-order valence-corrected chi connectivity index (χ1v) is 8.61. The zero-order chi connectivity index (χ0) is 17.1. The number of likely N-dealkylation sites (tertiary alicyclic amines) is 1. The van der Waals surface area contributed by atoms with Crippen molar-refractivity contribution in [2.24, 2.45) is 0 Å². The number of nitrogens with zero attached hydrogens (tertiary/aromatic N) is 3. The Kier molecular flexibility index (Phi) is 5.07. The highest BCUT2D eigenvalue weighted by atomic mass is 32.1. The summed E-state index contributed by atoms with van der Waals surface area (Å²) in [7, 11) is 0. The molecule has 1 aromatic carbocycles. The normalized spacial score (nSPS) is 17.4. The van der Waals surface area contributed by atoms with Crippen LogP contribution in [0.15, 0.2) is 23.7 Å². The monoisotopic (exact) mass is 349 g/mol. The van der Waals surface area contributed by atoms with E-state index in [1.54, 1.807) is 5.51 Å². The summed E-state index contributed by atoms with van der Waals surface area (Å²) in [6, 6.07) is 5.25. The second-order valence-electron chi connectivity index (χ2n) is 5.79. The van der Waals surface area contributed by atoms with Crippen LogP contribution in [0, 0.1) is 29.9 Å². The Morgan fingerprint density at radius 1 is 1.29 bits per heavy atom. The second-order valence-corrected chi connectivity index (χ2v) is 6.68. The fourth-order valence-corrected chi connectivity index (χ4v) is 3.80. The fourth-order valence-electron chi connectivity index (χ4n) is 2.92. The van der Waals surface area contributed by atoms with Crippen LogP contribution >= 0.6 is 11.3 Å². The molecule has 0 spiro atoms. The van der Waals surface area contributed by atoms with Gasteiger partial charge in [-0.2, -0.15) is 5.26 Å². The number of hydrogen-bond acceptors (Lipinski definition) is 5. The minimum atomic E-state index is -0.646. The maximum Gasteiger partial charge on any atom is 0.134 e. The number of aromatic nitrogens is 1. The van der Waals surface area contributed by atoms with Gasteiger partial charge in [-0.05, 0) is 19.8 Å². The Hall–Kier alpha value is -2.04. The van der Waals surface area contributed by atoms with Crippen molar-refractivity contribution in [2.45, 2.75) is 31.9 Å². The molecule has 2 heterocycles. The first kappa shape index (κ1) is 16.8. The third-order valence-corrected chi connectivity index (χ3v) is 5.12. The van der Waals surface area contributed by atoms with E-state index >= 15 is 0 Å². The van der Waals surface area contributed by atoms with E-state index in [-0.39, 0.29) is 17.9 Å². The highest BCUT2D eigenvalue weighted by Gasteiger charge is 2.29. The lowest BCUT2D eigenvalue weighted by Gasteiger charge is -2.34. The van der Waals surface area contributed by atoms with Crippen molar-refractivity contribution in [2.75, 3.05) is 13.1 Å². The maximum absolute atomic E-state index is 13.2. The molecule has 0 aliphatic carbocycles. The lowest BCUT2D eigenvalue weighted by molar-refractivity contribution is 0.0881. The number of hydrogen-bond donors (Lipinski definition) is 0. The van der Waals surface area contributed by atoms with E-state index < -0.39 is 11.6 Å².